The topological polar surface area (TPSA) is 46.2 Å². The summed E-state index contributed by atoms with van der Waals surface area (Å²) in [7, 11) is 0. The maximum Gasteiger partial charge on any atom is 0.119 e. The van der Waals surface area contributed by atoms with Gasteiger partial charge in [-0.25, -0.2) is 0 Å². The molecule has 0 unspecified atom stereocenters. The van der Waals surface area contributed by atoms with Gasteiger partial charge in [0.05, 0.1) is 0 Å². The largest absolute Gasteiger partial charge is 0.508 e. The van der Waals surface area contributed by atoms with E-state index in [1.807, 2.05) is 86.6 Å². The van der Waals surface area contributed by atoms with Gasteiger partial charge in [0, 0.05) is 0 Å². The average Bonchev–Trinajstić information content (AvgIpc) is 2.64. The number of phenols is 1. The third kappa shape index (κ3) is 16.8. The molecule has 1 aromatic rings. The van der Waals surface area contributed by atoms with Crippen molar-refractivity contribution in [1.82, 2.24) is 0 Å². The van der Waals surface area contributed by atoms with Crippen molar-refractivity contribution < 1.29 is 5.11 Å². The lowest BCUT2D eigenvalue weighted by molar-refractivity contribution is 0.467. The van der Waals surface area contributed by atoms with Crippen LogP contribution in [0, 0.1) is 0 Å². The number of nitrogens with two attached hydrogens (primary N) is 1. The summed E-state index contributed by atoms with van der Waals surface area (Å²) in [4.78, 5) is 0. The molecule has 0 aliphatic heterocycles. The van der Waals surface area contributed by atoms with Crippen molar-refractivity contribution in [2.24, 2.45) is 5.73 Å². The van der Waals surface area contributed by atoms with Crippen molar-refractivity contribution >= 4 is 0 Å². The van der Waals surface area contributed by atoms with E-state index < -0.39 is 0 Å². The molecule has 0 radical (unpaired) electrons. The molecule has 3 N–H and O–H groups in total. The summed E-state index contributed by atoms with van der Waals surface area (Å²) in [6, 6.07) is 5.79. The van der Waals surface area contributed by atoms with Gasteiger partial charge in [-0.15, -0.1) is 0 Å². The molecule has 1 rings (SSSR count). The molecule has 0 amide bonds. The van der Waals surface area contributed by atoms with Gasteiger partial charge in [-0.2, -0.15) is 0 Å². The van der Waals surface area contributed by atoms with Gasteiger partial charge in [-0.3, -0.25) is 0 Å². The molecule has 0 spiro atoms. The highest BCUT2D eigenvalue weighted by Crippen LogP contribution is 2.20. The van der Waals surface area contributed by atoms with E-state index in [1.165, 1.54) is 5.57 Å². The first-order valence-electron chi connectivity index (χ1n) is 9.46. The lowest BCUT2D eigenvalue weighted by Gasteiger charge is -2.06. The van der Waals surface area contributed by atoms with Crippen LogP contribution in [0.4, 0.5) is 0 Å². The Balaban J connectivity index is -0.000000218. The number of hydrogen-bond donors (Lipinski definition) is 2. The molecular formula is C22H43NO. The van der Waals surface area contributed by atoms with E-state index in [9.17, 15) is 5.11 Å². The summed E-state index contributed by atoms with van der Waals surface area (Å²) in [5.74, 6) is 0.342. The minimum absolute atomic E-state index is 0.342. The summed E-state index contributed by atoms with van der Waals surface area (Å²) in [6.45, 7) is 22.3. The molecule has 0 aliphatic rings. The van der Waals surface area contributed by atoms with E-state index in [-0.39, 0.29) is 0 Å². The second-order valence-electron chi connectivity index (χ2n) is 3.93. The third-order valence-electron chi connectivity index (χ3n) is 2.45. The van der Waals surface area contributed by atoms with E-state index >= 15 is 0 Å². The summed E-state index contributed by atoms with van der Waals surface area (Å²) in [5.41, 5.74) is 8.70. The number of aromatic hydroxyl groups is 1. The van der Waals surface area contributed by atoms with Crippen LogP contribution >= 0.6 is 0 Å². The van der Waals surface area contributed by atoms with Crippen LogP contribution in [0.3, 0.4) is 0 Å². The van der Waals surface area contributed by atoms with Crippen LogP contribution in [0.5, 0.6) is 5.75 Å². The number of rotatable bonds is 5. The minimum atomic E-state index is 0.342. The molecule has 1 aromatic carbocycles. The Hall–Kier alpha value is -1.54. The summed E-state index contributed by atoms with van der Waals surface area (Å²) < 4.78 is 0. The Bertz CT molecular complexity index is 395. The van der Waals surface area contributed by atoms with Crippen LogP contribution in [-0.4, -0.2) is 11.7 Å². The Labute approximate surface area is 152 Å². The molecule has 2 nitrogen and oxygen atoms in total. The smallest absolute Gasteiger partial charge is 0.119 e. The minimum Gasteiger partial charge on any atom is -0.508 e. The summed E-state index contributed by atoms with van der Waals surface area (Å²) in [5, 5.41) is 9.77. The molecule has 0 heterocycles. The van der Waals surface area contributed by atoms with E-state index in [0.717, 1.165) is 17.5 Å². The first kappa shape index (κ1) is 30.4. The quantitative estimate of drug-likeness (QED) is 0.589. The Morgan fingerprint density at radius 1 is 1.04 bits per heavy atom. The van der Waals surface area contributed by atoms with Crippen LogP contribution in [0.1, 0.15) is 73.4 Å². The van der Waals surface area contributed by atoms with Crippen LogP contribution in [0.25, 0.3) is 0 Å². The maximum absolute atomic E-state index is 9.77. The number of allylic oxidation sites excluding steroid dienone is 3. The SMILES string of the molecule is C=C/C=C(\C)Cc1ccc(CCN)c(O)c1.CC.CC.CC.CC. The van der Waals surface area contributed by atoms with Gasteiger partial charge in [0.2, 0.25) is 0 Å². The van der Waals surface area contributed by atoms with Crippen molar-refractivity contribution in [3.63, 3.8) is 0 Å². The van der Waals surface area contributed by atoms with E-state index in [1.54, 1.807) is 6.08 Å². The van der Waals surface area contributed by atoms with Crippen molar-refractivity contribution in [3.05, 3.63) is 53.6 Å². The Morgan fingerprint density at radius 3 is 1.92 bits per heavy atom. The molecule has 24 heavy (non-hydrogen) atoms. The van der Waals surface area contributed by atoms with Gasteiger partial charge in [0.1, 0.15) is 5.75 Å². The van der Waals surface area contributed by atoms with Crippen LogP contribution in [-0.2, 0) is 12.8 Å². The predicted molar refractivity (Wildman–Crippen MR) is 114 cm³/mol. The van der Waals surface area contributed by atoms with Gasteiger partial charge in [0.15, 0.2) is 0 Å². The molecule has 142 valence electrons. The third-order valence-corrected chi connectivity index (χ3v) is 2.45. The fraction of sp³-hybridized carbons (Fsp3) is 0.545. The molecule has 0 saturated carbocycles. The van der Waals surface area contributed by atoms with Crippen molar-refractivity contribution in [3.8, 4) is 5.75 Å². The Kier molecular flexibility index (Phi) is 33.3. The predicted octanol–water partition coefficient (Wildman–Crippen LogP) is 6.67. The fourth-order valence-corrected chi connectivity index (χ4v) is 1.67. The molecule has 0 saturated heterocycles. The number of hydrogen-bond acceptors (Lipinski definition) is 2. The van der Waals surface area contributed by atoms with Gasteiger partial charge in [-0.1, -0.05) is 91.8 Å². The fourth-order valence-electron chi connectivity index (χ4n) is 1.67. The molecule has 0 fully saturated rings. The maximum atomic E-state index is 9.77. The molecule has 0 atom stereocenters. The second kappa shape index (κ2) is 26.4. The molecule has 0 aliphatic carbocycles. The van der Waals surface area contributed by atoms with Crippen LogP contribution in [0.15, 0.2) is 42.5 Å². The zero-order valence-corrected chi connectivity index (χ0v) is 17.7. The first-order valence-corrected chi connectivity index (χ1v) is 9.46. The normalized spacial score (nSPS) is 8.67. The number of benzene rings is 1. The van der Waals surface area contributed by atoms with Crippen molar-refractivity contribution in [2.75, 3.05) is 6.54 Å². The molecule has 0 aromatic heterocycles. The standard InChI is InChI=1S/C14H19NO.4C2H6/c1-3-4-11(2)9-12-5-6-13(7-8-15)14(16)10-12;4*1-2/h3-6,10,16H,1,7-9,15H2,2H3;4*1-2H3/b11-4+;;;;. The Morgan fingerprint density at radius 2 is 1.54 bits per heavy atom. The van der Waals surface area contributed by atoms with E-state index in [0.29, 0.717) is 18.7 Å². The van der Waals surface area contributed by atoms with Gasteiger partial charge >= 0.3 is 0 Å². The average molecular weight is 338 g/mol. The molecule has 0 bridgehead atoms. The second-order valence-corrected chi connectivity index (χ2v) is 3.93. The van der Waals surface area contributed by atoms with E-state index in [4.69, 9.17) is 5.73 Å². The van der Waals surface area contributed by atoms with Gasteiger partial charge in [-0.05, 0) is 43.5 Å². The lowest BCUT2D eigenvalue weighted by atomic mass is 10.0. The molecule has 2 heteroatoms. The van der Waals surface area contributed by atoms with Crippen LogP contribution in [0.2, 0.25) is 0 Å². The lowest BCUT2D eigenvalue weighted by Crippen LogP contribution is -2.03. The van der Waals surface area contributed by atoms with Gasteiger partial charge in [0.25, 0.3) is 0 Å². The molecular weight excluding hydrogens is 294 g/mol. The summed E-state index contributed by atoms with van der Waals surface area (Å²) >= 11 is 0. The highest BCUT2D eigenvalue weighted by molar-refractivity contribution is 5.38. The van der Waals surface area contributed by atoms with Crippen molar-refractivity contribution in [2.45, 2.75) is 75.2 Å². The monoisotopic (exact) mass is 337 g/mol. The number of phenolic OH excluding ortho intramolecular Hbond substituents is 1. The zero-order valence-electron chi connectivity index (χ0n) is 17.7. The summed E-state index contributed by atoms with van der Waals surface area (Å²) in [6.07, 6.45) is 5.30. The first-order chi connectivity index (χ1) is 11.7. The highest BCUT2D eigenvalue weighted by Gasteiger charge is 2.02. The van der Waals surface area contributed by atoms with Crippen LogP contribution < -0.4 is 5.73 Å². The van der Waals surface area contributed by atoms with E-state index in [2.05, 4.69) is 6.58 Å². The zero-order chi connectivity index (χ0) is 20.0. The highest BCUT2D eigenvalue weighted by atomic mass is 16.3. The van der Waals surface area contributed by atoms with Crippen molar-refractivity contribution in [1.29, 1.82) is 0 Å². The van der Waals surface area contributed by atoms with Gasteiger partial charge < -0.3 is 10.8 Å².